The van der Waals surface area contributed by atoms with Gasteiger partial charge in [0.2, 0.25) is 0 Å². The Morgan fingerprint density at radius 2 is 2.17 bits per heavy atom. The first-order chi connectivity index (χ1) is 11.0. The summed E-state index contributed by atoms with van der Waals surface area (Å²) < 4.78 is 5.65. The molecule has 0 saturated carbocycles. The Bertz CT molecular complexity index is 740. The second kappa shape index (κ2) is 6.22. The minimum atomic E-state index is -0.859. The molecule has 1 aliphatic rings. The lowest BCUT2D eigenvalue weighted by Gasteiger charge is -2.23. The van der Waals surface area contributed by atoms with E-state index in [1.807, 2.05) is 30.0 Å². The Balaban J connectivity index is 1.99. The molecule has 1 atom stereocenters. The van der Waals surface area contributed by atoms with E-state index in [-0.39, 0.29) is 5.75 Å². The molecule has 0 saturated heterocycles. The smallest absolute Gasteiger partial charge is 0.320 e. The maximum absolute atomic E-state index is 11.3. The zero-order valence-corrected chi connectivity index (χ0v) is 13.9. The largest absolute Gasteiger partial charge is 0.504 e. The van der Waals surface area contributed by atoms with Crippen molar-refractivity contribution in [2.24, 2.45) is 0 Å². The normalized spacial score (nSPS) is 16.3. The molecule has 23 heavy (non-hydrogen) atoms. The van der Waals surface area contributed by atoms with Gasteiger partial charge in [-0.2, -0.15) is 0 Å². The Morgan fingerprint density at radius 1 is 1.39 bits per heavy atom. The highest BCUT2D eigenvalue weighted by Gasteiger charge is 2.26. The maximum Gasteiger partial charge on any atom is 0.320 e. The van der Waals surface area contributed by atoms with Gasteiger partial charge in [0.05, 0.1) is 0 Å². The molecule has 3 rings (SSSR count). The summed E-state index contributed by atoms with van der Waals surface area (Å²) >= 11 is 1.66. The summed E-state index contributed by atoms with van der Waals surface area (Å²) in [6.45, 7) is 5.01. The van der Waals surface area contributed by atoms with E-state index >= 15 is 0 Å². The molecule has 0 bridgehead atoms. The Labute approximate surface area is 138 Å². The zero-order valence-electron chi connectivity index (χ0n) is 13.1. The summed E-state index contributed by atoms with van der Waals surface area (Å²) in [5.74, 6) is -0.293. The number of aryl methyl sites for hydroxylation is 1. The van der Waals surface area contributed by atoms with Crippen LogP contribution in [0.2, 0.25) is 0 Å². The molecule has 2 N–H and O–H groups in total. The van der Waals surface area contributed by atoms with Gasteiger partial charge in [-0.15, -0.1) is 11.3 Å². The third-order valence-corrected chi connectivity index (χ3v) is 5.12. The van der Waals surface area contributed by atoms with Crippen LogP contribution in [0, 0.1) is 6.92 Å². The number of aromatic hydroxyl groups is 1. The summed E-state index contributed by atoms with van der Waals surface area (Å²) in [5, 5.41) is 19.5. The van der Waals surface area contributed by atoms with E-state index < -0.39 is 12.0 Å². The van der Waals surface area contributed by atoms with Crippen LogP contribution in [0.4, 0.5) is 0 Å². The first-order valence-corrected chi connectivity index (χ1v) is 8.29. The fourth-order valence-electron chi connectivity index (χ4n) is 2.74. The minimum absolute atomic E-state index is 0.105. The van der Waals surface area contributed by atoms with Gasteiger partial charge in [-0.1, -0.05) is 0 Å². The number of benzene rings is 1. The average Bonchev–Trinajstić information content (AvgIpc) is 2.81. The van der Waals surface area contributed by atoms with Crippen LogP contribution in [0.25, 0.3) is 10.4 Å². The third-order valence-electron chi connectivity index (χ3n) is 4.07. The molecule has 1 aromatic heterocycles. The lowest BCUT2D eigenvalue weighted by molar-refractivity contribution is -0.142. The number of nitrogens with zero attached hydrogens (tertiary/aromatic N) is 1. The van der Waals surface area contributed by atoms with Crippen molar-refractivity contribution in [2.45, 2.75) is 26.4 Å². The minimum Gasteiger partial charge on any atom is -0.504 e. The lowest BCUT2D eigenvalue weighted by Crippen LogP contribution is -2.39. The molecule has 1 unspecified atom stereocenters. The molecule has 1 aromatic carbocycles. The SMILES string of the molecule is Cc1ccc(-c2cc(O)c3c(c2)CN(C(C)C(=O)O)CCO3)s1. The van der Waals surface area contributed by atoms with Crippen molar-refractivity contribution in [1.82, 2.24) is 4.90 Å². The summed E-state index contributed by atoms with van der Waals surface area (Å²) in [5.41, 5.74) is 1.74. The molecule has 0 radical (unpaired) electrons. The standard InChI is InChI=1S/C17H19NO4S/c1-10-3-4-15(23-10)12-7-13-9-18(11(2)17(20)21)5-6-22-16(13)14(19)8-12/h3-4,7-8,11,19H,5-6,9H2,1-2H3,(H,20,21). The highest BCUT2D eigenvalue weighted by Crippen LogP contribution is 2.39. The molecule has 0 spiro atoms. The van der Waals surface area contributed by atoms with Crippen LogP contribution in [0.5, 0.6) is 11.5 Å². The van der Waals surface area contributed by atoms with Crippen molar-refractivity contribution in [3.8, 4) is 21.9 Å². The van der Waals surface area contributed by atoms with Crippen molar-refractivity contribution in [1.29, 1.82) is 0 Å². The quantitative estimate of drug-likeness (QED) is 0.903. The van der Waals surface area contributed by atoms with Crippen LogP contribution in [0.15, 0.2) is 24.3 Å². The zero-order chi connectivity index (χ0) is 16.6. The number of rotatable bonds is 3. The van der Waals surface area contributed by atoms with Gasteiger partial charge in [0.15, 0.2) is 11.5 Å². The molecule has 122 valence electrons. The molecule has 0 fully saturated rings. The van der Waals surface area contributed by atoms with Crippen LogP contribution in [-0.2, 0) is 11.3 Å². The summed E-state index contributed by atoms with van der Waals surface area (Å²) in [6.07, 6.45) is 0. The third kappa shape index (κ3) is 3.18. The predicted molar refractivity (Wildman–Crippen MR) is 89.2 cm³/mol. The van der Waals surface area contributed by atoms with E-state index in [0.29, 0.717) is 25.4 Å². The number of phenolic OH excluding ortho intramolecular Hbond substituents is 1. The molecule has 6 heteroatoms. The number of carboxylic acids is 1. The van der Waals surface area contributed by atoms with Gasteiger partial charge >= 0.3 is 5.97 Å². The summed E-state index contributed by atoms with van der Waals surface area (Å²) in [4.78, 5) is 15.4. The number of phenols is 1. The monoisotopic (exact) mass is 333 g/mol. The van der Waals surface area contributed by atoms with Gasteiger partial charge < -0.3 is 14.9 Å². The van der Waals surface area contributed by atoms with Gasteiger partial charge in [0.1, 0.15) is 12.6 Å². The summed E-state index contributed by atoms with van der Waals surface area (Å²) in [6, 6.07) is 7.15. The van der Waals surface area contributed by atoms with Crippen LogP contribution < -0.4 is 4.74 Å². The Morgan fingerprint density at radius 3 is 2.83 bits per heavy atom. The number of hydrogen-bond donors (Lipinski definition) is 2. The first-order valence-electron chi connectivity index (χ1n) is 7.48. The number of fused-ring (bicyclic) bond motifs is 1. The Kier molecular flexibility index (Phi) is 4.28. The number of hydrogen-bond acceptors (Lipinski definition) is 5. The van der Waals surface area contributed by atoms with E-state index in [1.165, 1.54) is 4.88 Å². The number of thiophene rings is 1. The van der Waals surface area contributed by atoms with Crippen molar-refractivity contribution in [3.05, 3.63) is 34.7 Å². The van der Waals surface area contributed by atoms with Crippen LogP contribution in [0.3, 0.4) is 0 Å². The van der Waals surface area contributed by atoms with Crippen LogP contribution >= 0.6 is 11.3 Å². The maximum atomic E-state index is 11.3. The second-order valence-electron chi connectivity index (χ2n) is 5.73. The second-order valence-corrected chi connectivity index (χ2v) is 7.01. The van der Waals surface area contributed by atoms with Crippen LogP contribution in [0.1, 0.15) is 17.4 Å². The summed E-state index contributed by atoms with van der Waals surface area (Å²) in [7, 11) is 0. The fourth-order valence-corrected chi connectivity index (χ4v) is 3.59. The number of aliphatic carboxylic acids is 1. The highest BCUT2D eigenvalue weighted by atomic mass is 32.1. The van der Waals surface area contributed by atoms with Crippen molar-refractivity contribution in [3.63, 3.8) is 0 Å². The van der Waals surface area contributed by atoms with E-state index in [9.17, 15) is 15.0 Å². The van der Waals surface area contributed by atoms with Gasteiger partial charge in [0.25, 0.3) is 0 Å². The molecular weight excluding hydrogens is 314 g/mol. The van der Waals surface area contributed by atoms with Gasteiger partial charge in [0, 0.05) is 28.4 Å². The lowest BCUT2D eigenvalue weighted by atomic mass is 10.1. The van der Waals surface area contributed by atoms with Gasteiger partial charge in [-0.25, -0.2) is 0 Å². The Hall–Kier alpha value is -2.05. The van der Waals surface area contributed by atoms with Crippen molar-refractivity contribution >= 4 is 17.3 Å². The highest BCUT2D eigenvalue weighted by molar-refractivity contribution is 7.15. The molecule has 5 nitrogen and oxygen atoms in total. The van der Waals surface area contributed by atoms with E-state index in [0.717, 1.165) is 16.0 Å². The van der Waals surface area contributed by atoms with Crippen molar-refractivity contribution < 1.29 is 19.7 Å². The number of carboxylic acid groups (broad SMARTS) is 1. The molecular formula is C17H19NO4S. The van der Waals surface area contributed by atoms with Gasteiger partial charge in [-0.3, -0.25) is 9.69 Å². The average molecular weight is 333 g/mol. The molecule has 0 amide bonds. The van der Waals surface area contributed by atoms with E-state index in [1.54, 1.807) is 24.3 Å². The predicted octanol–water partition coefficient (Wildman–Crippen LogP) is 3.10. The molecule has 1 aliphatic heterocycles. The van der Waals surface area contributed by atoms with E-state index in [4.69, 9.17) is 4.74 Å². The first kappa shape index (κ1) is 15.8. The number of carbonyl (C=O) groups is 1. The fraction of sp³-hybridized carbons (Fsp3) is 0.353. The molecule has 0 aliphatic carbocycles. The van der Waals surface area contributed by atoms with Crippen LogP contribution in [-0.4, -0.2) is 40.3 Å². The topological polar surface area (TPSA) is 70.0 Å². The molecule has 2 aromatic rings. The molecule has 2 heterocycles. The van der Waals surface area contributed by atoms with E-state index in [2.05, 4.69) is 0 Å². The van der Waals surface area contributed by atoms with Crippen molar-refractivity contribution in [2.75, 3.05) is 13.2 Å². The number of ether oxygens (including phenoxy) is 1. The van der Waals surface area contributed by atoms with Gasteiger partial charge in [-0.05, 0) is 43.7 Å².